The van der Waals surface area contributed by atoms with Crippen LogP contribution in [0.3, 0.4) is 0 Å². The Balaban J connectivity index is 2.07. The molecule has 2 aromatic heterocycles. The number of hydrogen-bond acceptors (Lipinski definition) is 4. The van der Waals surface area contributed by atoms with Gasteiger partial charge in [-0.1, -0.05) is 0 Å². The number of halogens is 1. The minimum Gasteiger partial charge on any atom is -0.340 e. The van der Waals surface area contributed by atoms with Crippen molar-refractivity contribution in [3.8, 4) is 0 Å². The van der Waals surface area contributed by atoms with E-state index in [0.717, 1.165) is 16.6 Å². The first-order chi connectivity index (χ1) is 9.22. The smallest absolute Gasteiger partial charge is 0.142 e. The number of nitrogens with zero attached hydrogens (tertiary/aromatic N) is 3. The van der Waals surface area contributed by atoms with Crippen LogP contribution in [0.4, 0.5) is 15.9 Å². The van der Waals surface area contributed by atoms with Gasteiger partial charge >= 0.3 is 0 Å². The van der Waals surface area contributed by atoms with Crippen molar-refractivity contribution in [1.82, 2.24) is 15.0 Å². The number of anilines is 2. The molecule has 5 heteroatoms. The van der Waals surface area contributed by atoms with Gasteiger partial charge in [0, 0.05) is 17.3 Å². The molecule has 94 valence electrons. The van der Waals surface area contributed by atoms with E-state index in [1.54, 1.807) is 24.5 Å². The lowest BCUT2D eigenvalue weighted by atomic mass is 10.2. The summed E-state index contributed by atoms with van der Waals surface area (Å²) in [5.74, 6) is 1.08. The SMILES string of the molecule is Cc1nc(Nc2ccc(F)cc2)c2ccncc2n1. The molecule has 0 atom stereocenters. The lowest BCUT2D eigenvalue weighted by molar-refractivity contribution is 0.628. The highest BCUT2D eigenvalue weighted by atomic mass is 19.1. The highest BCUT2D eigenvalue weighted by Gasteiger charge is 2.05. The normalized spacial score (nSPS) is 10.6. The van der Waals surface area contributed by atoms with Crippen LogP contribution in [-0.2, 0) is 0 Å². The Labute approximate surface area is 109 Å². The van der Waals surface area contributed by atoms with Crippen LogP contribution in [0.15, 0.2) is 42.7 Å². The van der Waals surface area contributed by atoms with Crippen molar-refractivity contribution in [2.45, 2.75) is 6.92 Å². The molecular formula is C14H11FN4. The van der Waals surface area contributed by atoms with Gasteiger partial charge in [0.05, 0.1) is 11.7 Å². The van der Waals surface area contributed by atoms with Gasteiger partial charge in [0.25, 0.3) is 0 Å². The van der Waals surface area contributed by atoms with E-state index >= 15 is 0 Å². The lowest BCUT2D eigenvalue weighted by Gasteiger charge is -2.09. The standard InChI is InChI=1S/C14H11FN4/c1-9-17-13-8-16-7-6-12(13)14(18-9)19-11-4-2-10(15)3-5-11/h2-8H,1H3,(H,17,18,19). The van der Waals surface area contributed by atoms with Gasteiger partial charge in [0.15, 0.2) is 0 Å². The number of rotatable bonds is 2. The highest BCUT2D eigenvalue weighted by Crippen LogP contribution is 2.23. The van der Waals surface area contributed by atoms with Crippen LogP contribution in [0.25, 0.3) is 10.9 Å². The maximum Gasteiger partial charge on any atom is 0.142 e. The van der Waals surface area contributed by atoms with Crippen molar-refractivity contribution in [3.63, 3.8) is 0 Å². The van der Waals surface area contributed by atoms with Gasteiger partial charge in [-0.05, 0) is 37.3 Å². The zero-order valence-electron chi connectivity index (χ0n) is 10.3. The average molecular weight is 254 g/mol. The number of fused-ring (bicyclic) bond motifs is 1. The Hall–Kier alpha value is -2.56. The fourth-order valence-corrected chi connectivity index (χ4v) is 1.86. The van der Waals surface area contributed by atoms with Gasteiger partial charge in [0.1, 0.15) is 17.5 Å². The second-order valence-corrected chi connectivity index (χ2v) is 4.14. The third-order valence-electron chi connectivity index (χ3n) is 2.72. The molecule has 0 amide bonds. The number of aromatic nitrogens is 3. The first-order valence-corrected chi connectivity index (χ1v) is 5.83. The summed E-state index contributed by atoms with van der Waals surface area (Å²) in [5.41, 5.74) is 1.55. The second-order valence-electron chi connectivity index (χ2n) is 4.14. The molecule has 0 saturated carbocycles. The predicted molar refractivity (Wildman–Crippen MR) is 71.8 cm³/mol. The molecule has 4 nitrogen and oxygen atoms in total. The van der Waals surface area contributed by atoms with Crippen molar-refractivity contribution in [3.05, 3.63) is 54.4 Å². The van der Waals surface area contributed by atoms with Gasteiger partial charge in [-0.25, -0.2) is 14.4 Å². The predicted octanol–water partition coefficient (Wildman–Crippen LogP) is 3.22. The summed E-state index contributed by atoms with van der Waals surface area (Å²) >= 11 is 0. The fourth-order valence-electron chi connectivity index (χ4n) is 1.86. The number of benzene rings is 1. The molecule has 1 N–H and O–H groups in total. The van der Waals surface area contributed by atoms with E-state index in [1.807, 2.05) is 13.0 Å². The van der Waals surface area contributed by atoms with Crippen molar-refractivity contribution in [1.29, 1.82) is 0 Å². The Kier molecular flexibility index (Phi) is 2.79. The van der Waals surface area contributed by atoms with Crippen LogP contribution >= 0.6 is 0 Å². The molecule has 0 spiro atoms. The van der Waals surface area contributed by atoms with E-state index in [2.05, 4.69) is 20.3 Å². The van der Waals surface area contributed by atoms with Crippen LogP contribution in [-0.4, -0.2) is 15.0 Å². The Bertz CT molecular complexity index is 725. The van der Waals surface area contributed by atoms with Crippen molar-refractivity contribution in [2.75, 3.05) is 5.32 Å². The van der Waals surface area contributed by atoms with Crippen molar-refractivity contribution < 1.29 is 4.39 Å². The topological polar surface area (TPSA) is 50.7 Å². The molecule has 1 aromatic carbocycles. The highest BCUT2D eigenvalue weighted by molar-refractivity contribution is 5.90. The summed E-state index contributed by atoms with van der Waals surface area (Å²) in [7, 11) is 0. The van der Waals surface area contributed by atoms with Crippen LogP contribution < -0.4 is 5.32 Å². The summed E-state index contributed by atoms with van der Waals surface area (Å²) in [4.78, 5) is 12.7. The summed E-state index contributed by atoms with van der Waals surface area (Å²) in [6.07, 6.45) is 3.39. The van der Waals surface area contributed by atoms with Crippen molar-refractivity contribution in [2.24, 2.45) is 0 Å². The van der Waals surface area contributed by atoms with Gasteiger partial charge in [0.2, 0.25) is 0 Å². The number of aryl methyl sites for hydroxylation is 1. The zero-order chi connectivity index (χ0) is 13.2. The molecule has 19 heavy (non-hydrogen) atoms. The minimum atomic E-state index is -0.265. The molecule has 3 aromatic rings. The molecule has 0 aliphatic carbocycles. The summed E-state index contributed by atoms with van der Waals surface area (Å²) in [5, 5.41) is 4.05. The summed E-state index contributed by atoms with van der Waals surface area (Å²) in [6.45, 7) is 1.82. The van der Waals surface area contributed by atoms with E-state index in [9.17, 15) is 4.39 Å². The van der Waals surface area contributed by atoms with Crippen LogP contribution in [0, 0.1) is 12.7 Å². The number of pyridine rings is 1. The molecular weight excluding hydrogens is 243 g/mol. The molecule has 0 fully saturated rings. The van der Waals surface area contributed by atoms with E-state index in [-0.39, 0.29) is 5.82 Å². The molecule has 3 rings (SSSR count). The van der Waals surface area contributed by atoms with E-state index in [0.29, 0.717) is 11.6 Å². The second kappa shape index (κ2) is 4.61. The quantitative estimate of drug-likeness (QED) is 0.762. The summed E-state index contributed by atoms with van der Waals surface area (Å²) < 4.78 is 12.9. The van der Waals surface area contributed by atoms with E-state index in [4.69, 9.17) is 0 Å². The Morgan fingerprint density at radius 1 is 1.05 bits per heavy atom. The van der Waals surface area contributed by atoms with Crippen molar-refractivity contribution >= 4 is 22.4 Å². The molecule has 2 heterocycles. The fraction of sp³-hybridized carbons (Fsp3) is 0.0714. The molecule has 0 saturated heterocycles. The third-order valence-corrected chi connectivity index (χ3v) is 2.72. The molecule has 0 unspecified atom stereocenters. The van der Waals surface area contributed by atoms with Crippen LogP contribution in [0.5, 0.6) is 0 Å². The third kappa shape index (κ3) is 2.35. The Morgan fingerprint density at radius 3 is 2.63 bits per heavy atom. The van der Waals surface area contributed by atoms with Gasteiger partial charge in [-0.2, -0.15) is 0 Å². The van der Waals surface area contributed by atoms with E-state index < -0.39 is 0 Å². The van der Waals surface area contributed by atoms with Crippen LogP contribution in [0.1, 0.15) is 5.82 Å². The van der Waals surface area contributed by atoms with Gasteiger partial charge in [-0.3, -0.25) is 4.98 Å². The first-order valence-electron chi connectivity index (χ1n) is 5.83. The summed E-state index contributed by atoms with van der Waals surface area (Å²) in [6, 6.07) is 7.99. The molecule has 0 bridgehead atoms. The van der Waals surface area contributed by atoms with E-state index in [1.165, 1.54) is 12.1 Å². The maximum atomic E-state index is 12.9. The maximum absolute atomic E-state index is 12.9. The lowest BCUT2D eigenvalue weighted by Crippen LogP contribution is -1.99. The van der Waals surface area contributed by atoms with Gasteiger partial charge < -0.3 is 5.32 Å². The largest absolute Gasteiger partial charge is 0.340 e. The monoisotopic (exact) mass is 254 g/mol. The number of nitrogens with one attached hydrogen (secondary N) is 1. The minimum absolute atomic E-state index is 0.265. The van der Waals surface area contributed by atoms with Crippen LogP contribution in [0.2, 0.25) is 0 Å². The zero-order valence-corrected chi connectivity index (χ0v) is 10.3. The molecule has 0 aliphatic rings. The average Bonchev–Trinajstić information content (AvgIpc) is 2.41. The van der Waals surface area contributed by atoms with Gasteiger partial charge in [-0.15, -0.1) is 0 Å². The first kappa shape index (κ1) is 11.5. The number of hydrogen-bond donors (Lipinski definition) is 1. The Morgan fingerprint density at radius 2 is 1.84 bits per heavy atom. The molecule has 0 aliphatic heterocycles. The molecule has 0 radical (unpaired) electrons.